The Morgan fingerprint density at radius 3 is 2.73 bits per heavy atom. The van der Waals surface area contributed by atoms with Gasteiger partial charge in [-0.2, -0.15) is 4.98 Å². The fraction of sp³-hybridized carbons (Fsp3) is 0.118. The number of carbonyl (C=O) groups excluding carboxylic acids is 1. The minimum atomic E-state index is -0.409. The molecule has 0 atom stereocenters. The van der Waals surface area contributed by atoms with Gasteiger partial charge in [0.25, 0.3) is 11.7 Å². The lowest BCUT2D eigenvalue weighted by atomic mass is 10.2. The van der Waals surface area contributed by atoms with Gasteiger partial charge in [0.2, 0.25) is 5.82 Å². The van der Waals surface area contributed by atoms with Crippen LogP contribution in [0.3, 0.4) is 0 Å². The summed E-state index contributed by atoms with van der Waals surface area (Å²) in [4.78, 5) is 26.3. The lowest BCUT2D eigenvalue weighted by Gasteiger charge is -1.99. The van der Waals surface area contributed by atoms with Crippen molar-refractivity contribution in [3.63, 3.8) is 0 Å². The molecule has 4 aromatic rings. The highest BCUT2D eigenvalue weighted by molar-refractivity contribution is 7.98. The first-order valence-electron chi connectivity index (χ1n) is 7.74. The summed E-state index contributed by atoms with van der Waals surface area (Å²) in [5, 5.41) is 9.36. The van der Waals surface area contributed by atoms with Gasteiger partial charge in [-0.15, -0.1) is 28.2 Å². The van der Waals surface area contributed by atoms with Crippen LogP contribution in [0.15, 0.2) is 46.8 Å². The van der Waals surface area contributed by atoms with Gasteiger partial charge in [-0.05, 0) is 31.4 Å². The summed E-state index contributed by atoms with van der Waals surface area (Å²) >= 11 is 3.05. The molecule has 0 saturated carbocycles. The summed E-state index contributed by atoms with van der Waals surface area (Å²) in [5.41, 5.74) is 2.68. The molecule has 0 aliphatic heterocycles. The maximum absolute atomic E-state index is 12.4. The van der Waals surface area contributed by atoms with Crippen LogP contribution in [0, 0.1) is 6.92 Å². The first-order valence-corrected chi connectivity index (χ1v) is 9.84. The smallest absolute Gasteiger partial charge is 0.295 e. The zero-order valence-electron chi connectivity index (χ0n) is 14.0. The average Bonchev–Trinajstić information content (AvgIpc) is 3.29. The second-order valence-corrected chi connectivity index (χ2v) is 7.19. The maximum Gasteiger partial charge on any atom is 0.297 e. The van der Waals surface area contributed by atoms with Crippen LogP contribution in [0.4, 0.5) is 5.13 Å². The number of nitrogens with zero attached hydrogens (tertiary/aromatic N) is 5. The van der Waals surface area contributed by atoms with Crippen LogP contribution in [0.1, 0.15) is 16.3 Å². The largest absolute Gasteiger partial charge is 0.297 e. The predicted octanol–water partition coefficient (Wildman–Crippen LogP) is 3.53. The Morgan fingerprint density at radius 2 is 2.00 bits per heavy atom. The lowest BCUT2D eigenvalue weighted by molar-refractivity contribution is 0.101. The second-order valence-electron chi connectivity index (χ2n) is 5.45. The number of anilines is 1. The van der Waals surface area contributed by atoms with Crippen LogP contribution < -0.4 is 5.32 Å². The van der Waals surface area contributed by atoms with Gasteiger partial charge in [0.05, 0.1) is 5.69 Å². The number of hydrogen-bond acceptors (Lipinski definition) is 7. The van der Waals surface area contributed by atoms with Gasteiger partial charge in [-0.25, -0.2) is 14.5 Å². The number of nitrogens with one attached hydrogen (secondary N) is 1. The first-order chi connectivity index (χ1) is 12.6. The Kier molecular flexibility index (Phi) is 4.39. The fourth-order valence-corrected chi connectivity index (χ4v) is 3.50. The molecule has 130 valence electrons. The fourth-order valence-electron chi connectivity index (χ4n) is 2.38. The quantitative estimate of drug-likeness (QED) is 0.544. The molecule has 0 unspecified atom stereocenters. The van der Waals surface area contributed by atoms with Gasteiger partial charge in [0, 0.05) is 27.7 Å². The van der Waals surface area contributed by atoms with E-state index in [2.05, 4.69) is 25.4 Å². The molecule has 3 heterocycles. The molecule has 0 saturated heterocycles. The van der Waals surface area contributed by atoms with Crippen molar-refractivity contribution in [3.05, 3.63) is 53.4 Å². The highest BCUT2D eigenvalue weighted by atomic mass is 32.2. The second kappa shape index (κ2) is 6.85. The topological polar surface area (TPSA) is 85.1 Å². The van der Waals surface area contributed by atoms with Crippen molar-refractivity contribution in [1.82, 2.24) is 24.6 Å². The monoisotopic (exact) mass is 382 g/mol. The van der Waals surface area contributed by atoms with E-state index in [1.54, 1.807) is 24.0 Å². The van der Waals surface area contributed by atoms with Crippen LogP contribution >= 0.6 is 23.1 Å². The van der Waals surface area contributed by atoms with Gasteiger partial charge >= 0.3 is 0 Å². The van der Waals surface area contributed by atoms with E-state index in [0.29, 0.717) is 10.9 Å². The number of thiazole rings is 1. The number of thioether (sulfide) groups is 1. The van der Waals surface area contributed by atoms with E-state index in [-0.39, 0.29) is 5.82 Å². The standard InChI is InChI=1S/C17H14N6OS2/c1-10-7-8-18-16-20-14(22-23(10)16)15(24)21-17-19-13(9-26-17)11-3-5-12(25-2)6-4-11/h3-9H,1-2H3,(H,19,21,24). The van der Waals surface area contributed by atoms with E-state index in [4.69, 9.17) is 0 Å². The van der Waals surface area contributed by atoms with E-state index in [1.165, 1.54) is 20.7 Å². The summed E-state index contributed by atoms with van der Waals surface area (Å²) < 4.78 is 1.54. The summed E-state index contributed by atoms with van der Waals surface area (Å²) in [6.07, 6.45) is 3.67. The van der Waals surface area contributed by atoms with Crippen molar-refractivity contribution in [2.75, 3.05) is 11.6 Å². The molecule has 0 aliphatic rings. The normalized spacial score (nSPS) is 11.0. The molecular weight excluding hydrogens is 368 g/mol. The van der Waals surface area contributed by atoms with Crippen LogP contribution in [-0.2, 0) is 0 Å². The van der Waals surface area contributed by atoms with Crippen LogP contribution in [0.25, 0.3) is 17.0 Å². The van der Waals surface area contributed by atoms with Gasteiger partial charge < -0.3 is 0 Å². The molecule has 0 aliphatic carbocycles. The number of carbonyl (C=O) groups is 1. The lowest BCUT2D eigenvalue weighted by Crippen LogP contribution is -2.13. The van der Waals surface area contributed by atoms with Gasteiger partial charge in [0.1, 0.15) is 0 Å². The van der Waals surface area contributed by atoms with Crippen molar-refractivity contribution in [1.29, 1.82) is 0 Å². The SMILES string of the molecule is CSc1ccc(-c2csc(NC(=O)c3nc4nccc(C)n4n3)n2)cc1. The van der Waals surface area contributed by atoms with E-state index >= 15 is 0 Å². The molecule has 1 aromatic carbocycles. The van der Waals surface area contributed by atoms with E-state index < -0.39 is 5.91 Å². The third-order valence-corrected chi connectivity index (χ3v) is 5.24. The number of amides is 1. The molecule has 1 N–H and O–H groups in total. The number of aromatic nitrogens is 5. The molecule has 0 spiro atoms. The predicted molar refractivity (Wildman–Crippen MR) is 103 cm³/mol. The molecule has 3 aromatic heterocycles. The highest BCUT2D eigenvalue weighted by Crippen LogP contribution is 2.26. The Labute approximate surface area is 157 Å². The van der Waals surface area contributed by atoms with Crippen molar-refractivity contribution in [3.8, 4) is 11.3 Å². The Morgan fingerprint density at radius 1 is 1.19 bits per heavy atom. The number of aryl methyl sites for hydroxylation is 1. The molecule has 26 heavy (non-hydrogen) atoms. The molecular formula is C17H14N6OS2. The third kappa shape index (κ3) is 3.18. The summed E-state index contributed by atoms with van der Waals surface area (Å²) in [7, 11) is 0. The number of benzene rings is 1. The van der Waals surface area contributed by atoms with E-state index in [9.17, 15) is 4.79 Å². The molecule has 7 nitrogen and oxygen atoms in total. The van der Waals surface area contributed by atoms with Gasteiger partial charge in [-0.3, -0.25) is 10.1 Å². The van der Waals surface area contributed by atoms with Crippen molar-refractivity contribution >= 4 is 39.9 Å². The third-order valence-electron chi connectivity index (χ3n) is 3.74. The Balaban J connectivity index is 1.54. The zero-order valence-corrected chi connectivity index (χ0v) is 15.6. The van der Waals surface area contributed by atoms with Crippen LogP contribution in [-0.4, -0.2) is 36.7 Å². The Bertz CT molecular complexity index is 1090. The average molecular weight is 382 g/mol. The summed E-state index contributed by atoms with van der Waals surface area (Å²) in [6.45, 7) is 1.88. The Hall–Kier alpha value is -2.78. The maximum atomic E-state index is 12.4. The molecule has 4 rings (SSSR count). The molecule has 0 bridgehead atoms. The van der Waals surface area contributed by atoms with Gasteiger partial charge in [0.15, 0.2) is 5.13 Å². The molecule has 9 heteroatoms. The van der Waals surface area contributed by atoms with Crippen LogP contribution in [0.2, 0.25) is 0 Å². The minimum Gasteiger partial charge on any atom is -0.295 e. The highest BCUT2D eigenvalue weighted by Gasteiger charge is 2.16. The molecule has 0 fully saturated rings. The molecule has 0 radical (unpaired) electrons. The minimum absolute atomic E-state index is 0.0628. The summed E-state index contributed by atoms with van der Waals surface area (Å²) in [5.74, 6) is 0.0465. The van der Waals surface area contributed by atoms with Crippen molar-refractivity contribution < 1.29 is 4.79 Å². The van der Waals surface area contributed by atoms with Gasteiger partial charge in [-0.1, -0.05) is 12.1 Å². The van der Waals surface area contributed by atoms with Crippen LogP contribution in [0.5, 0.6) is 0 Å². The van der Waals surface area contributed by atoms with Crippen molar-refractivity contribution in [2.45, 2.75) is 11.8 Å². The summed E-state index contributed by atoms with van der Waals surface area (Å²) in [6, 6.07) is 9.94. The van der Waals surface area contributed by atoms with E-state index in [0.717, 1.165) is 17.0 Å². The molecule has 1 amide bonds. The van der Waals surface area contributed by atoms with Crippen molar-refractivity contribution in [2.24, 2.45) is 0 Å². The van der Waals surface area contributed by atoms with E-state index in [1.807, 2.05) is 42.8 Å². The number of rotatable bonds is 4. The zero-order chi connectivity index (χ0) is 18.1. The number of fused-ring (bicyclic) bond motifs is 1. The first kappa shape index (κ1) is 16.7. The number of hydrogen-bond donors (Lipinski definition) is 1.